The van der Waals surface area contributed by atoms with Gasteiger partial charge in [0.05, 0.1) is 11.6 Å². The lowest BCUT2D eigenvalue weighted by atomic mass is 10.2. The van der Waals surface area contributed by atoms with Gasteiger partial charge in [-0.25, -0.2) is 4.98 Å². The summed E-state index contributed by atoms with van der Waals surface area (Å²) in [6.45, 7) is 0.546. The number of aryl methyl sites for hydroxylation is 1. The molecule has 1 aromatic heterocycles. The molecule has 0 aliphatic rings. The van der Waals surface area contributed by atoms with Crippen molar-refractivity contribution in [2.45, 2.75) is 12.3 Å². The summed E-state index contributed by atoms with van der Waals surface area (Å²) < 4.78 is 7.61. The van der Waals surface area contributed by atoms with Crippen molar-refractivity contribution in [1.29, 1.82) is 0 Å². The van der Waals surface area contributed by atoms with Crippen LogP contribution in [0.15, 0.2) is 30.6 Å². The molecule has 0 radical (unpaired) electrons. The molecule has 0 saturated heterocycles. The zero-order valence-electron chi connectivity index (χ0n) is 10.1. The number of alkyl halides is 1. The van der Waals surface area contributed by atoms with Crippen molar-refractivity contribution in [3.63, 3.8) is 0 Å². The number of hydrogen-bond acceptors (Lipinski definition) is 2. The zero-order valence-corrected chi connectivity index (χ0v) is 11.6. The van der Waals surface area contributed by atoms with Crippen molar-refractivity contribution < 1.29 is 4.74 Å². The molecule has 0 saturated carbocycles. The van der Waals surface area contributed by atoms with E-state index in [0.29, 0.717) is 23.3 Å². The van der Waals surface area contributed by atoms with Gasteiger partial charge in [0.25, 0.3) is 0 Å². The minimum Gasteiger partial charge on any atom is -0.492 e. The first-order valence-corrected chi connectivity index (χ1v) is 6.55. The van der Waals surface area contributed by atoms with Crippen molar-refractivity contribution in [2.75, 3.05) is 6.61 Å². The van der Waals surface area contributed by atoms with E-state index in [-0.39, 0.29) is 0 Å². The minimum atomic E-state index is 0.452. The van der Waals surface area contributed by atoms with Crippen molar-refractivity contribution in [3.05, 3.63) is 47.0 Å². The summed E-state index contributed by atoms with van der Waals surface area (Å²) in [5.41, 5.74) is 0.984. The zero-order chi connectivity index (χ0) is 13.0. The highest BCUT2D eigenvalue weighted by Crippen LogP contribution is 2.26. The molecule has 3 nitrogen and oxygen atoms in total. The molecule has 1 aromatic carbocycles. The molecule has 0 aliphatic carbocycles. The van der Waals surface area contributed by atoms with Crippen LogP contribution in [0.1, 0.15) is 11.4 Å². The second-order valence-electron chi connectivity index (χ2n) is 3.95. The van der Waals surface area contributed by atoms with Crippen LogP contribution < -0.4 is 4.74 Å². The van der Waals surface area contributed by atoms with E-state index in [0.717, 1.165) is 17.8 Å². The van der Waals surface area contributed by atoms with E-state index >= 15 is 0 Å². The molecular formula is C13H14Cl2N2O. The monoisotopic (exact) mass is 284 g/mol. The van der Waals surface area contributed by atoms with Crippen LogP contribution in [-0.4, -0.2) is 16.2 Å². The first-order chi connectivity index (χ1) is 8.70. The van der Waals surface area contributed by atoms with Crippen molar-refractivity contribution in [1.82, 2.24) is 9.55 Å². The fourth-order valence-corrected chi connectivity index (χ4v) is 2.06. The molecule has 5 heteroatoms. The Bertz CT molecular complexity index is 525. The van der Waals surface area contributed by atoms with Crippen LogP contribution in [0.3, 0.4) is 0 Å². The first-order valence-electron chi connectivity index (χ1n) is 5.64. The molecule has 0 amide bonds. The van der Waals surface area contributed by atoms with Gasteiger partial charge in [0.2, 0.25) is 0 Å². The Morgan fingerprint density at radius 2 is 2.22 bits per heavy atom. The van der Waals surface area contributed by atoms with Crippen LogP contribution in [0.25, 0.3) is 0 Å². The summed E-state index contributed by atoms with van der Waals surface area (Å²) in [6.07, 6.45) is 4.44. The van der Waals surface area contributed by atoms with E-state index in [2.05, 4.69) is 4.98 Å². The summed E-state index contributed by atoms with van der Waals surface area (Å²) >= 11 is 11.8. The molecule has 2 aromatic rings. The number of halogens is 2. The van der Waals surface area contributed by atoms with Crippen LogP contribution in [0.2, 0.25) is 5.02 Å². The van der Waals surface area contributed by atoms with Gasteiger partial charge in [0.1, 0.15) is 11.6 Å². The second kappa shape index (κ2) is 6.12. The standard InChI is InChI=1S/C13H14Cl2N2O/c1-17-6-5-16-13(17)4-7-18-12-3-2-10(9-14)8-11(12)15/h2-3,5-6,8H,4,7,9H2,1H3. The SMILES string of the molecule is Cn1ccnc1CCOc1ccc(CCl)cc1Cl. The van der Waals surface area contributed by atoms with Gasteiger partial charge in [-0.05, 0) is 17.7 Å². The number of benzene rings is 1. The van der Waals surface area contributed by atoms with Crippen LogP contribution in [0.4, 0.5) is 0 Å². The molecule has 0 unspecified atom stereocenters. The molecule has 0 atom stereocenters. The highest BCUT2D eigenvalue weighted by molar-refractivity contribution is 6.32. The Kier molecular flexibility index (Phi) is 4.50. The summed E-state index contributed by atoms with van der Waals surface area (Å²) in [4.78, 5) is 4.23. The van der Waals surface area contributed by atoms with E-state index < -0.39 is 0 Å². The van der Waals surface area contributed by atoms with Crippen LogP contribution >= 0.6 is 23.2 Å². The molecule has 0 aliphatic heterocycles. The number of nitrogens with zero attached hydrogens (tertiary/aromatic N) is 2. The maximum absolute atomic E-state index is 6.10. The third-order valence-corrected chi connectivity index (χ3v) is 3.26. The van der Waals surface area contributed by atoms with Crippen molar-refractivity contribution in [2.24, 2.45) is 7.05 Å². The molecule has 18 heavy (non-hydrogen) atoms. The summed E-state index contributed by atoms with van der Waals surface area (Å²) in [7, 11) is 1.96. The van der Waals surface area contributed by atoms with Crippen molar-refractivity contribution in [3.8, 4) is 5.75 Å². The van der Waals surface area contributed by atoms with Crippen LogP contribution in [0, 0.1) is 0 Å². The van der Waals surface area contributed by atoms with Gasteiger partial charge in [-0.2, -0.15) is 0 Å². The Morgan fingerprint density at radius 1 is 1.39 bits per heavy atom. The summed E-state index contributed by atoms with van der Waals surface area (Å²) in [6, 6.07) is 5.58. The van der Waals surface area contributed by atoms with E-state index in [1.165, 1.54) is 0 Å². The van der Waals surface area contributed by atoms with E-state index in [1.54, 1.807) is 6.20 Å². The van der Waals surface area contributed by atoms with Gasteiger partial charge in [-0.1, -0.05) is 17.7 Å². The fraction of sp³-hybridized carbons (Fsp3) is 0.308. The minimum absolute atomic E-state index is 0.452. The van der Waals surface area contributed by atoms with Gasteiger partial charge in [-0.15, -0.1) is 11.6 Å². The highest BCUT2D eigenvalue weighted by atomic mass is 35.5. The average Bonchev–Trinajstić information content (AvgIpc) is 2.77. The normalized spacial score (nSPS) is 10.6. The average molecular weight is 285 g/mol. The number of aromatic nitrogens is 2. The summed E-state index contributed by atoms with van der Waals surface area (Å²) in [5, 5.41) is 0.591. The topological polar surface area (TPSA) is 27.1 Å². The summed E-state index contributed by atoms with van der Waals surface area (Å²) in [5.74, 6) is 2.12. The van der Waals surface area contributed by atoms with Crippen LogP contribution in [-0.2, 0) is 19.3 Å². The van der Waals surface area contributed by atoms with Gasteiger partial charge < -0.3 is 9.30 Å². The third kappa shape index (κ3) is 3.18. The third-order valence-electron chi connectivity index (χ3n) is 2.65. The highest BCUT2D eigenvalue weighted by Gasteiger charge is 2.04. The number of imidazole rings is 1. The Labute approximate surface area is 116 Å². The van der Waals surface area contributed by atoms with E-state index in [1.807, 2.05) is 36.0 Å². The number of hydrogen-bond donors (Lipinski definition) is 0. The fourth-order valence-electron chi connectivity index (χ4n) is 1.63. The lowest BCUT2D eigenvalue weighted by molar-refractivity contribution is 0.317. The maximum Gasteiger partial charge on any atom is 0.137 e. The van der Waals surface area contributed by atoms with Crippen molar-refractivity contribution >= 4 is 23.2 Å². The molecule has 0 fully saturated rings. The lowest BCUT2D eigenvalue weighted by Gasteiger charge is -2.08. The van der Waals surface area contributed by atoms with E-state index in [9.17, 15) is 0 Å². The molecule has 96 valence electrons. The molecular weight excluding hydrogens is 271 g/mol. The maximum atomic E-state index is 6.10. The van der Waals surface area contributed by atoms with Gasteiger partial charge in [0, 0.05) is 31.7 Å². The van der Waals surface area contributed by atoms with Gasteiger partial charge in [-0.3, -0.25) is 0 Å². The number of ether oxygens (including phenoxy) is 1. The lowest BCUT2D eigenvalue weighted by Crippen LogP contribution is -2.06. The smallest absolute Gasteiger partial charge is 0.137 e. The van der Waals surface area contributed by atoms with Gasteiger partial charge in [0.15, 0.2) is 0 Å². The first kappa shape index (κ1) is 13.2. The number of rotatable bonds is 5. The van der Waals surface area contributed by atoms with Gasteiger partial charge >= 0.3 is 0 Å². The Balaban J connectivity index is 1.92. The molecule has 2 rings (SSSR count). The predicted octanol–water partition coefficient (Wildman–Crippen LogP) is 3.43. The molecule has 1 heterocycles. The molecule has 0 N–H and O–H groups in total. The molecule has 0 bridgehead atoms. The predicted molar refractivity (Wildman–Crippen MR) is 73.4 cm³/mol. The Morgan fingerprint density at radius 3 is 2.83 bits per heavy atom. The second-order valence-corrected chi connectivity index (χ2v) is 4.63. The van der Waals surface area contributed by atoms with E-state index in [4.69, 9.17) is 27.9 Å². The van der Waals surface area contributed by atoms with Crippen LogP contribution in [0.5, 0.6) is 5.75 Å². The Hall–Kier alpha value is -1.19. The largest absolute Gasteiger partial charge is 0.492 e. The molecule has 0 spiro atoms. The quantitative estimate of drug-likeness (QED) is 0.787.